The Morgan fingerprint density at radius 3 is 2.89 bits per heavy atom. The second-order valence-electron chi connectivity index (χ2n) is 8.01. The monoisotopic (exact) mass is 388 g/mol. The highest BCUT2D eigenvalue weighted by atomic mass is 16.1. The van der Waals surface area contributed by atoms with E-state index in [1.54, 1.807) is 6.33 Å². The van der Waals surface area contributed by atoms with Gasteiger partial charge in [-0.05, 0) is 58.0 Å². The molecule has 0 aromatic carbocycles. The Morgan fingerprint density at radius 1 is 1.21 bits per heavy atom. The quantitative estimate of drug-likeness (QED) is 0.677. The number of rotatable bonds is 9. The lowest BCUT2D eigenvalue weighted by molar-refractivity contribution is -0.121. The maximum absolute atomic E-state index is 12.3. The second-order valence-corrected chi connectivity index (χ2v) is 8.01. The van der Waals surface area contributed by atoms with Crippen molar-refractivity contribution in [1.82, 2.24) is 20.2 Å². The van der Waals surface area contributed by atoms with E-state index in [1.165, 1.54) is 25.8 Å². The molecule has 1 aromatic heterocycles. The van der Waals surface area contributed by atoms with Crippen molar-refractivity contribution in [3.05, 3.63) is 12.4 Å². The van der Waals surface area contributed by atoms with Crippen molar-refractivity contribution in [2.45, 2.75) is 58.4 Å². The van der Waals surface area contributed by atoms with Gasteiger partial charge in [0.1, 0.15) is 18.0 Å². The number of likely N-dealkylation sites (N-methyl/N-ethyl adjacent to an activating group) is 1. The first kappa shape index (κ1) is 20.8. The summed E-state index contributed by atoms with van der Waals surface area (Å²) in [5, 5.41) is 6.42. The van der Waals surface area contributed by atoms with Gasteiger partial charge in [-0.15, -0.1) is 0 Å². The molecule has 2 aliphatic rings. The Labute approximate surface area is 169 Å². The van der Waals surface area contributed by atoms with Crippen LogP contribution < -0.4 is 15.5 Å². The molecule has 7 heteroatoms. The fourth-order valence-corrected chi connectivity index (χ4v) is 4.50. The van der Waals surface area contributed by atoms with Crippen molar-refractivity contribution < 1.29 is 4.79 Å². The van der Waals surface area contributed by atoms with Crippen molar-refractivity contribution in [3.8, 4) is 0 Å². The van der Waals surface area contributed by atoms with E-state index in [0.29, 0.717) is 18.4 Å². The highest BCUT2D eigenvalue weighted by Crippen LogP contribution is 2.25. The van der Waals surface area contributed by atoms with Crippen molar-refractivity contribution in [1.29, 1.82) is 0 Å². The zero-order valence-electron chi connectivity index (χ0n) is 17.5. The summed E-state index contributed by atoms with van der Waals surface area (Å²) in [5.74, 6) is 2.62. The molecule has 2 saturated heterocycles. The van der Waals surface area contributed by atoms with E-state index in [2.05, 4.69) is 44.2 Å². The largest absolute Gasteiger partial charge is 0.370 e. The predicted octanol–water partition coefficient (Wildman–Crippen LogP) is 2.51. The molecule has 1 amide bonds. The average molecular weight is 389 g/mol. The number of hydrogen-bond donors (Lipinski definition) is 2. The van der Waals surface area contributed by atoms with Crippen molar-refractivity contribution in [2.24, 2.45) is 5.92 Å². The normalized spacial score (nSPS) is 23.0. The van der Waals surface area contributed by atoms with E-state index in [0.717, 1.165) is 57.2 Å². The van der Waals surface area contributed by atoms with Gasteiger partial charge in [-0.1, -0.05) is 6.92 Å². The van der Waals surface area contributed by atoms with Gasteiger partial charge in [0.2, 0.25) is 5.91 Å². The van der Waals surface area contributed by atoms with Crippen LogP contribution in [0.15, 0.2) is 12.4 Å². The lowest BCUT2D eigenvalue weighted by Crippen LogP contribution is -2.40. The molecule has 0 radical (unpaired) electrons. The number of likely N-dealkylation sites (tertiary alicyclic amines) is 1. The fourth-order valence-electron chi connectivity index (χ4n) is 4.50. The number of hydrogen-bond acceptors (Lipinski definition) is 6. The summed E-state index contributed by atoms with van der Waals surface area (Å²) in [5.41, 5.74) is 0. The minimum atomic E-state index is 0.205. The van der Waals surface area contributed by atoms with E-state index in [9.17, 15) is 4.79 Å². The van der Waals surface area contributed by atoms with Crippen molar-refractivity contribution in [3.63, 3.8) is 0 Å². The molecule has 2 fully saturated rings. The molecule has 2 N–H and O–H groups in total. The molecule has 2 atom stereocenters. The zero-order valence-corrected chi connectivity index (χ0v) is 17.5. The molecule has 0 saturated carbocycles. The van der Waals surface area contributed by atoms with Crippen LogP contribution in [0.5, 0.6) is 0 Å². The topological polar surface area (TPSA) is 73.4 Å². The van der Waals surface area contributed by atoms with Gasteiger partial charge in [0, 0.05) is 44.7 Å². The van der Waals surface area contributed by atoms with Crippen molar-refractivity contribution in [2.75, 3.05) is 49.5 Å². The second kappa shape index (κ2) is 10.6. The summed E-state index contributed by atoms with van der Waals surface area (Å²) in [6.45, 7) is 10.2. The van der Waals surface area contributed by atoms with Gasteiger partial charge in [0.25, 0.3) is 0 Å². The van der Waals surface area contributed by atoms with Gasteiger partial charge < -0.3 is 15.5 Å². The van der Waals surface area contributed by atoms with Crippen LogP contribution in [0.1, 0.15) is 52.4 Å². The smallest absolute Gasteiger partial charge is 0.220 e. The molecule has 3 heterocycles. The highest BCUT2D eigenvalue weighted by Gasteiger charge is 2.24. The van der Waals surface area contributed by atoms with Crippen LogP contribution in [-0.4, -0.2) is 66.1 Å². The van der Waals surface area contributed by atoms with Crippen LogP contribution in [0.25, 0.3) is 0 Å². The summed E-state index contributed by atoms with van der Waals surface area (Å²) < 4.78 is 0. The first-order valence-corrected chi connectivity index (χ1v) is 11.0. The molecule has 0 aliphatic carbocycles. The molecule has 0 unspecified atom stereocenters. The van der Waals surface area contributed by atoms with E-state index in [-0.39, 0.29) is 5.91 Å². The average Bonchev–Trinajstić information content (AvgIpc) is 3.19. The zero-order chi connectivity index (χ0) is 19.8. The highest BCUT2D eigenvalue weighted by molar-refractivity contribution is 5.75. The molecular weight excluding hydrogens is 352 g/mol. The first-order valence-electron chi connectivity index (χ1n) is 11.0. The van der Waals surface area contributed by atoms with E-state index in [1.807, 2.05) is 6.07 Å². The van der Waals surface area contributed by atoms with Crippen LogP contribution in [0, 0.1) is 5.92 Å². The number of amides is 1. The van der Waals surface area contributed by atoms with Crippen LogP contribution >= 0.6 is 0 Å². The van der Waals surface area contributed by atoms with Crippen molar-refractivity contribution >= 4 is 17.5 Å². The van der Waals surface area contributed by atoms with E-state index < -0.39 is 0 Å². The van der Waals surface area contributed by atoms with Gasteiger partial charge in [0.05, 0.1) is 0 Å². The predicted molar refractivity (Wildman–Crippen MR) is 114 cm³/mol. The molecule has 0 spiro atoms. The molecule has 0 bridgehead atoms. The molecule has 3 rings (SSSR count). The first-order chi connectivity index (χ1) is 13.7. The molecule has 1 aromatic rings. The Morgan fingerprint density at radius 2 is 2.07 bits per heavy atom. The van der Waals surface area contributed by atoms with Crippen LogP contribution in [0.3, 0.4) is 0 Å². The van der Waals surface area contributed by atoms with Gasteiger partial charge in [0.15, 0.2) is 0 Å². The molecular formula is C21H36N6O. The van der Waals surface area contributed by atoms with Crippen LogP contribution in [0.2, 0.25) is 0 Å². The summed E-state index contributed by atoms with van der Waals surface area (Å²) in [6.07, 6.45) is 8.03. The number of nitrogens with one attached hydrogen (secondary N) is 2. The number of piperidine rings is 1. The van der Waals surface area contributed by atoms with E-state index >= 15 is 0 Å². The Balaban J connectivity index is 1.42. The number of nitrogens with zero attached hydrogens (tertiary/aromatic N) is 4. The minimum Gasteiger partial charge on any atom is -0.370 e. The number of anilines is 2. The summed E-state index contributed by atoms with van der Waals surface area (Å²) in [6, 6.07) is 2.56. The Bertz CT molecular complexity index is 625. The SMILES string of the molecule is CCNc1cc(N2CCC[C@@H](CCC(=O)NC[C@@H]3CCCN3CC)C2)ncn1. The molecule has 156 valence electrons. The van der Waals surface area contributed by atoms with Gasteiger partial charge >= 0.3 is 0 Å². The molecule has 7 nitrogen and oxygen atoms in total. The summed E-state index contributed by atoms with van der Waals surface area (Å²) >= 11 is 0. The third-order valence-electron chi connectivity index (χ3n) is 6.07. The lowest BCUT2D eigenvalue weighted by Gasteiger charge is -2.33. The standard InChI is InChI=1S/C21H36N6O/c1-3-22-19-13-20(25-16-24-19)27-12-5-7-17(15-27)9-10-21(28)23-14-18-8-6-11-26(18)4-2/h13,16-18H,3-12,14-15H2,1-2H3,(H,23,28)(H,22,24,25)/t17-,18-/m0/s1. The van der Waals surface area contributed by atoms with Crippen LogP contribution in [-0.2, 0) is 4.79 Å². The number of aromatic nitrogens is 2. The fraction of sp³-hybridized carbons (Fsp3) is 0.762. The van der Waals surface area contributed by atoms with Gasteiger partial charge in [-0.25, -0.2) is 9.97 Å². The van der Waals surface area contributed by atoms with Crippen LogP contribution in [0.4, 0.5) is 11.6 Å². The summed E-state index contributed by atoms with van der Waals surface area (Å²) in [7, 11) is 0. The Hall–Kier alpha value is -1.89. The number of carbonyl (C=O) groups is 1. The van der Waals surface area contributed by atoms with Gasteiger partial charge in [-0.2, -0.15) is 0 Å². The number of carbonyl (C=O) groups excluding carboxylic acids is 1. The Kier molecular flexibility index (Phi) is 7.89. The third kappa shape index (κ3) is 5.80. The van der Waals surface area contributed by atoms with E-state index in [4.69, 9.17) is 0 Å². The molecule has 2 aliphatic heterocycles. The minimum absolute atomic E-state index is 0.205. The maximum atomic E-state index is 12.3. The maximum Gasteiger partial charge on any atom is 0.220 e. The lowest BCUT2D eigenvalue weighted by atomic mass is 9.93. The summed E-state index contributed by atoms with van der Waals surface area (Å²) in [4.78, 5) is 25.9. The third-order valence-corrected chi connectivity index (χ3v) is 6.07. The molecule has 28 heavy (non-hydrogen) atoms. The van der Waals surface area contributed by atoms with Gasteiger partial charge in [-0.3, -0.25) is 9.69 Å².